The summed E-state index contributed by atoms with van der Waals surface area (Å²) in [6.07, 6.45) is 1.49. The van der Waals surface area contributed by atoms with Crippen molar-refractivity contribution in [1.82, 2.24) is 9.97 Å². The van der Waals surface area contributed by atoms with Crippen molar-refractivity contribution in [1.29, 1.82) is 0 Å². The van der Waals surface area contributed by atoms with Crippen LogP contribution < -0.4 is 10.5 Å². The van der Waals surface area contributed by atoms with E-state index in [-0.39, 0.29) is 10.8 Å². The molecule has 20 heavy (non-hydrogen) atoms. The van der Waals surface area contributed by atoms with Crippen LogP contribution in [0.25, 0.3) is 0 Å². The second-order valence-corrected chi connectivity index (χ2v) is 5.38. The smallest absolute Gasteiger partial charge is 0.264 e. The number of nitrogens with zero attached hydrogens (tertiary/aromatic N) is 2. The first-order valence-corrected chi connectivity index (χ1v) is 7.08. The van der Waals surface area contributed by atoms with E-state index in [2.05, 4.69) is 14.7 Å². The Balaban J connectivity index is 0.000000956. The van der Waals surface area contributed by atoms with Crippen molar-refractivity contribution in [2.24, 2.45) is 0 Å². The molecule has 2 aromatic rings. The first-order valence-electron chi connectivity index (χ1n) is 5.60. The summed E-state index contributed by atoms with van der Waals surface area (Å²) >= 11 is 0. The first kappa shape index (κ1) is 15.9. The summed E-state index contributed by atoms with van der Waals surface area (Å²) in [6, 6.07) is 7.57. The van der Waals surface area contributed by atoms with Crippen molar-refractivity contribution in [3.63, 3.8) is 0 Å². The molecule has 0 radical (unpaired) electrons. The van der Waals surface area contributed by atoms with E-state index in [0.29, 0.717) is 11.4 Å². The van der Waals surface area contributed by atoms with Gasteiger partial charge in [-0.15, -0.1) is 0 Å². The summed E-state index contributed by atoms with van der Waals surface area (Å²) < 4.78 is 26.3. The van der Waals surface area contributed by atoms with Gasteiger partial charge in [-0.05, 0) is 37.3 Å². The van der Waals surface area contributed by atoms with Gasteiger partial charge >= 0.3 is 0 Å². The van der Waals surface area contributed by atoms with E-state index >= 15 is 0 Å². The van der Waals surface area contributed by atoms with Crippen LogP contribution in [-0.2, 0) is 10.0 Å². The zero-order chi connectivity index (χ0) is 15.2. The Morgan fingerprint density at radius 1 is 1.15 bits per heavy atom. The molecular weight excluding hydrogens is 280 g/mol. The number of nitrogen functional groups attached to an aromatic ring is 1. The van der Waals surface area contributed by atoms with Gasteiger partial charge in [0.25, 0.3) is 10.0 Å². The van der Waals surface area contributed by atoms with E-state index < -0.39 is 10.0 Å². The maximum Gasteiger partial charge on any atom is 0.264 e. The molecule has 0 aliphatic carbocycles. The number of aromatic nitrogens is 2. The highest BCUT2D eigenvalue weighted by Crippen LogP contribution is 2.14. The fourth-order valence-electron chi connectivity index (χ4n) is 1.32. The molecule has 2 rings (SSSR count). The Hall–Kier alpha value is -2.19. The number of aliphatic hydroxyl groups excluding tert-OH is 1. The van der Waals surface area contributed by atoms with E-state index in [1.54, 1.807) is 13.0 Å². The molecule has 0 amide bonds. The van der Waals surface area contributed by atoms with Gasteiger partial charge in [0.05, 0.1) is 4.90 Å². The van der Waals surface area contributed by atoms with E-state index in [9.17, 15) is 8.42 Å². The Labute approximate surface area is 117 Å². The van der Waals surface area contributed by atoms with Crippen LogP contribution >= 0.6 is 0 Å². The summed E-state index contributed by atoms with van der Waals surface area (Å²) in [7, 11) is -2.68. The zero-order valence-corrected chi connectivity index (χ0v) is 11.9. The number of nitrogens with one attached hydrogen (secondary N) is 1. The molecule has 1 aromatic carbocycles. The fraction of sp³-hybridized carbons (Fsp3) is 0.167. The van der Waals surface area contributed by atoms with Crippen LogP contribution in [0.4, 0.5) is 11.6 Å². The predicted molar refractivity (Wildman–Crippen MR) is 76.6 cm³/mol. The molecule has 0 atom stereocenters. The SMILES string of the molecule is CO.Cc1ccnc(NS(=O)(=O)c2ccc(N)cc2)n1. The van der Waals surface area contributed by atoms with E-state index in [1.807, 2.05) is 0 Å². The standard InChI is InChI=1S/C11H12N4O2S.CH4O/c1-8-6-7-13-11(14-8)15-18(16,17)10-4-2-9(12)3-5-10;1-2/h2-7H,12H2,1H3,(H,13,14,15);2H,1H3. The number of hydrogen-bond donors (Lipinski definition) is 3. The van der Waals surface area contributed by atoms with Crippen molar-refractivity contribution in [2.75, 3.05) is 17.6 Å². The van der Waals surface area contributed by atoms with Crippen LogP contribution in [0, 0.1) is 6.92 Å². The summed E-state index contributed by atoms with van der Waals surface area (Å²) in [5, 5.41) is 7.00. The lowest BCUT2D eigenvalue weighted by Crippen LogP contribution is -2.15. The molecule has 0 saturated carbocycles. The molecular formula is C12H16N4O3S. The van der Waals surface area contributed by atoms with Gasteiger partial charge < -0.3 is 10.8 Å². The molecule has 8 heteroatoms. The lowest BCUT2D eigenvalue weighted by Gasteiger charge is -2.06. The molecule has 1 heterocycles. The van der Waals surface area contributed by atoms with Gasteiger partial charge in [-0.3, -0.25) is 0 Å². The van der Waals surface area contributed by atoms with Gasteiger partial charge in [-0.25, -0.2) is 23.1 Å². The molecule has 0 fully saturated rings. The van der Waals surface area contributed by atoms with E-state index in [0.717, 1.165) is 7.11 Å². The van der Waals surface area contributed by atoms with Crippen LogP contribution in [0.1, 0.15) is 5.69 Å². The third kappa shape index (κ3) is 4.18. The van der Waals surface area contributed by atoms with Crippen LogP contribution in [-0.4, -0.2) is 30.6 Å². The normalized spacial score (nSPS) is 10.3. The number of benzene rings is 1. The Bertz CT molecular complexity index is 657. The fourth-order valence-corrected chi connectivity index (χ4v) is 2.28. The lowest BCUT2D eigenvalue weighted by molar-refractivity contribution is 0.399. The van der Waals surface area contributed by atoms with Gasteiger partial charge in [-0.1, -0.05) is 0 Å². The van der Waals surface area contributed by atoms with Crippen molar-refractivity contribution in [3.8, 4) is 0 Å². The average molecular weight is 296 g/mol. The third-order valence-electron chi connectivity index (χ3n) is 2.21. The molecule has 0 aliphatic rings. The Morgan fingerprint density at radius 2 is 1.75 bits per heavy atom. The first-order chi connectivity index (χ1) is 9.47. The highest BCUT2D eigenvalue weighted by atomic mass is 32.2. The molecule has 0 bridgehead atoms. The van der Waals surface area contributed by atoms with Gasteiger partial charge in [-0.2, -0.15) is 0 Å². The topological polar surface area (TPSA) is 118 Å². The molecule has 0 unspecified atom stereocenters. The number of anilines is 2. The van der Waals surface area contributed by atoms with Crippen molar-refractivity contribution >= 4 is 21.7 Å². The summed E-state index contributed by atoms with van der Waals surface area (Å²) in [6.45, 7) is 1.75. The van der Waals surface area contributed by atoms with Crippen LogP contribution in [0.3, 0.4) is 0 Å². The Kier molecular flexibility index (Phi) is 5.42. The zero-order valence-electron chi connectivity index (χ0n) is 11.1. The van der Waals surface area contributed by atoms with Gasteiger partial charge in [0, 0.05) is 24.7 Å². The second kappa shape index (κ2) is 6.83. The lowest BCUT2D eigenvalue weighted by atomic mass is 10.3. The monoisotopic (exact) mass is 296 g/mol. The molecule has 108 valence electrons. The highest BCUT2D eigenvalue weighted by Gasteiger charge is 2.15. The minimum absolute atomic E-state index is 0.0480. The van der Waals surface area contributed by atoms with Crippen LogP contribution in [0.2, 0.25) is 0 Å². The summed E-state index contributed by atoms with van der Waals surface area (Å²) in [4.78, 5) is 7.93. The second-order valence-electron chi connectivity index (χ2n) is 3.70. The number of hydrogen-bond acceptors (Lipinski definition) is 6. The van der Waals surface area contributed by atoms with E-state index in [1.165, 1.54) is 30.5 Å². The minimum atomic E-state index is -3.68. The third-order valence-corrected chi connectivity index (χ3v) is 3.55. The quantitative estimate of drug-likeness (QED) is 0.720. The maximum absolute atomic E-state index is 12.0. The van der Waals surface area contributed by atoms with Crippen LogP contribution in [0.15, 0.2) is 41.4 Å². The van der Waals surface area contributed by atoms with Crippen molar-refractivity contribution in [2.45, 2.75) is 11.8 Å². The number of nitrogens with two attached hydrogens (primary N) is 1. The highest BCUT2D eigenvalue weighted by molar-refractivity contribution is 7.92. The molecule has 7 nitrogen and oxygen atoms in total. The predicted octanol–water partition coefficient (Wildman–Crippen LogP) is 0.777. The van der Waals surface area contributed by atoms with E-state index in [4.69, 9.17) is 10.8 Å². The summed E-state index contributed by atoms with van der Waals surface area (Å²) in [5.41, 5.74) is 6.68. The molecule has 1 aromatic heterocycles. The molecule has 0 aliphatic heterocycles. The minimum Gasteiger partial charge on any atom is -0.400 e. The summed E-state index contributed by atoms with van der Waals surface area (Å²) in [5.74, 6) is 0.0480. The van der Waals surface area contributed by atoms with Gasteiger partial charge in [0.1, 0.15) is 0 Å². The largest absolute Gasteiger partial charge is 0.400 e. The van der Waals surface area contributed by atoms with Crippen LogP contribution in [0.5, 0.6) is 0 Å². The maximum atomic E-state index is 12.0. The average Bonchev–Trinajstić information content (AvgIpc) is 2.41. The number of sulfonamides is 1. The van der Waals surface area contributed by atoms with Crippen molar-refractivity contribution in [3.05, 3.63) is 42.2 Å². The number of aryl methyl sites for hydroxylation is 1. The molecule has 0 saturated heterocycles. The van der Waals surface area contributed by atoms with Gasteiger partial charge in [0.15, 0.2) is 0 Å². The molecule has 4 N–H and O–H groups in total. The Morgan fingerprint density at radius 3 is 2.30 bits per heavy atom. The number of aliphatic hydroxyl groups is 1. The van der Waals surface area contributed by atoms with Gasteiger partial charge in [0.2, 0.25) is 5.95 Å². The number of rotatable bonds is 3. The van der Waals surface area contributed by atoms with Crippen molar-refractivity contribution < 1.29 is 13.5 Å². The molecule has 0 spiro atoms.